The molecule has 2 aliphatic heterocycles. The molecule has 0 bridgehead atoms. The lowest BCUT2D eigenvalue weighted by Gasteiger charge is -2.33. The highest BCUT2D eigenvalue weighted by molar-refractivity contribution is 9.11. The minimum Gasteiger partial charge on any atom is -0.444 e. The molecule has 6 aromatic heterocycles. The number of amides is 4. The molecule has 26 heteroatoms. The number of carbonyl (C=O) groups excluding carboxylic acids is 4. The highest BCUT2D eigenvalue weighted by Gasteiger charge is 2.32. The van der Waals surface area contributed by atoms with E-state index in [9.17, 15) is 19.2 Å². The van der Waals surface area contributed by atoms with Crippen molar-refractivity contribution in [2.75, 3.05) is 39.4 Å². The first-order valence-corrected chi connectivity index (χ1v) is 36.3. The van der Waals surface area contributed by atoms with E-state index in [-0.39, 0.29) is 60.9 Å². The molecule has 8 heterocycles. The Morgan fingerprint density at radius 1 is 0.600 bits per heavy atom. The Labute approximate surface area is 487 Å². The largest absolute Gasteiger partial charge is 0.444 e. The van der Waals surface area contributed by atoms with Gasteiger partial charge in [-0.2, -0.15) is 20.4 Å². The third-order valence-corrected chi connectivity index (χ3v) is 18.2. The van der Waals surface area contributed by atoms with E-state index in [4.69, 9.17) is 18.9 Å². The van der Waals surface area contributed by atoms with Crippen molar-refractivity contribution in [1.82, 2.24) is 69.2 Å². The third kappa shape index (κ3) is 16.8. The van der Waals surface area contributed by atoms with Gasteiger partial charge in [-0.25, -0.2) is 38.0 Å². The smallest absolute Gasteiger partial charge is 0.410 e. The number of aromatic nitrogens is 10. The topological polar surface area (TPSA) is 232 Å². The van der Waals surface area contributed by atoms with Crippen LogP contribution in [-0.4, -0.2) is 161 Å². The summed E-state index contributed by atoms with van der Waals surface area (Å²) < 4.78 is 31.1. The van der Waals surface area contributed by atoms with Crippen LogP contribution >= 0.6 is 31.9 Å². The maximum atomic E-state index is 13.4. The SMILES string of the molecule is Cc1cc(-c2c(Br)c(C(=O)NC3CCN(C(=O)OC(C)(C)C)CC3)nn2COCC[Si](C)(C)C)cn2ncnc12.Cc1cc(-c2c(Br)c(C(=O)NC3CCN(C(=O)OC(C)(C)C)CC3)nn2COCC[Si](C)(C)C)cn2ncnc12. The number of hydrogen-bond donors (Lipinski definition) is 2. The molecule has 0 unspecified atom stereocenters. The molecule has 2 saturated heterocycles. The van der Waals surface area contributed by atoms with Crippen LogP contribution in [0.25, 0.3) is 33.8 Å². The van der Waals surface area contributed by atoms with E-state index in [0.29, 0.717) is 74.0 Å². The van der Waals surface area contributed by atoms with Crippen molar-refractivity contribution in [1.29, 1.82) is 0 Å². The van der Waals surface area contributed by atoms with Crippen LogP contribution in [0, 0.1) is 13.8 Å². The molecule has 0 atom stereocenters. The van der Waals surface area contributed by atoms with E-state index < -0.39 is 27.3 Å². The molecule has 436 valence electrons. The summed E-state index contributed by atoms with van der Waals surface area (Å²) in [5.41, 5.74) is 6.10. The summed E-state index contributed by atoms with van der Waals surface area (Å²) in [6.45, 7) is 32.7. The van der Waals surface area contributed by atoms with E-state index in [1.54, 1.807) is 28.2 Å². The fourth-order valence-electron chi connectivity index (χ4n) is 8.99. The van der Waals surface area contributed by atoms with Gasteiger partial charge in [0.05, 0.1) is 20.3 Å². The lowest BCUT2D eigenvalue weighted by atomic mass is 10.1. The number of pyridine rings is 2. The first-order valence-electron chi connectivity index (χ1n) is 27.3. The molecular weight excluding hydrogens is 1190 g/mol. The van der Waals surface area contributed by atoms with Gasteiger partial charge in [0.25, 0.3) is 11.8 Å². The highest BCUT2D eigenvalue weighted by Crippen LogP contribution is 2.35. The predicted molar refractivity (Wildman–Crippen MR) is 318 cm³/mol. The number of nitrogens with one attached hydrogen (secondary N) is 2. The zero-order valence-corrected chi connectivity index (χ0v) is 54.1. The molecule has 80 heavy (non-hydrogen) atoms. The number of piperidine rings is 2. The van der Waals surface area contributed by atoms with Crippen LogP contribution in [0.4, 0.5) is 9.59 Å². The van der Waals surface area contributed by atoms with Gasteiger partial charge in [0.2, 0.25) is 0 Å². The number of rotatable bonds is 16. The van der Waals surface area contributed by atoms with Crippen molar-refractivity contribution >= 4 is 83.3 Å². The van der Waals surface area contributed by atoms with E-state index in [2.05, 4.69) is 112 Å². The van der Waals surface area contributed by atoms with Crippen molar-refractivity contribution in [2.45, 2.75) is 169 Å². The van der Waals surface area contributed by atoms with E-state index in [1.807, 2.05) is 79.9 Å². The fourth-order valence-corrected chi connectivity index (χ4v) is 11.9. The molecule has 6 aromatic rings. The number of halogens is 2. The molecule has 0 saturated carbocycles. The van der Waals surface area contributed by atoms with Gasteiger partial charge >= 0.3 is 12.2 Å². The second-order valence-corrected chi connectivity index (χ2v) is 37.9. The van der Waals surface area contributed by atoms with Crippen LogP contribution in [0.15, 0.2) is 46.1 Å². The van der Waals surface area contributed by atoms with E-state index in [0.717, 1.165) is 57.0 Å². The molecule has 0 aromatic carbocycles. The summed E-state index contributed by atoms with van der Waals surface area (Å²) in [4.78, 5) is 63.7. The molecule has 4 amide bonds. The zero-order chi connectivity index (χ0) is 58.5. The number of likely N-dealkylation sites (tertiary alicyclic amines) is 2. The average molecular weight is 1270 g/mol. The summed E-state index contributed by atoms with van der Waals surface area (Å²) in [7, 11) is -2.51. The molecule has 2 fully saturated rings. The van der Waals surface area contributed by atoms with Gasteiger partial charge in [0, 0.05) is 91.1 Å². The summed E-state index contributed by atoms with van der Waals surface area (Å²) in [5.74, 6) is -0.550. The number of fused-ring (bicyclic) bond motifs is 2. The van der Waals surface area contributed by atoms with Crippen molar-refractivity contribution in [3.8, 4) is 22.5 Å². The Balaban J connectivity index is 0.000000231. The van der Waals surface area contributed by atoms with Gasteiger partial charge in [0.15, 0.2) is 22.7 Å². The standard InChI is InChI=1S/2C27H40BrN7O4Si/c2*1-18-14-19(15-34-24(18)29-16-30-34)23-21(28)22(32-35(23)17-38-12-13-40(5,6)7)25(36)31-20-8-10-33(11-9-20)26(37)39-27(2,3)4/h2*14-16,20H,8-13,17H2,1-7H3,(H,31,36). The van der Waals surface area contributed by atoms with Gasteiger partial charge < -0.3 is 39.4 Å². The average Bonchev–Trinajstić information content (AvgIpc) is 4.19. The van der Waals surface area contributed by atoms with E-state index in [1.165, 1.54) is 12.7 Å². The Kier molecular flexibility index (Phi) is 19.9. The first-order chi connectivity index (χ1) is 37.4. The number of aryl methyl sites for hydroxylation is 2. The van der Waals surface area contributed by atoms with Crippen LogP contribution < -0.4 is 10.6 Å². The monoisotopic (exact) mass is 1270 g/mol. The molecule has 8 rings (SSSR count). The molecule has 0 aliphatic carbocycles. The van der Waals surface area contributed by atoms with Gasteiger partial charge in [-0.15, -0.1) is 0 Å². The Morgan fingerprint density at radius 3 is 1.27 bits per heavy atom. The van der Waals surface area contributed by atoms with Crippen LogP contribution in [-0.2, 0) is 32.4 Å². The summed E-state index contributed by atoms with van der Waals surface area (Å²) in [6, 6.07) is 5.94. The van der Waals surface area contributed by atoms with Crippen LogP contribution in [0.1, 0.15) is 99.3 Å². The summed E-state index contributed by atoms with van der Waals surface area (Å²) >= 11 is 7.35. The molecule has 0 radical (unpaired) electrons. The fraction of sp³-hybridized carbons (Fsp3) is 0.593. The van der Waals surface area contributed by atoms with Crippen LogP contribution in [0.5, 0.6) is 0 Å². The van der Waals surface area contributed by atoms with Gasteiger partial charge in [-0.1, -0.05) is 39.3 Å². The van der Waals surface area contributed by atoms with Crippen molar-refractivity contribution in [3.05, 3.63) is 68.6 Å². The lowest BCUT2D eigenvalue weighted by molar-refractivity contribution is 0.0187. The Hall–Kier alpha value is -5.55. The van der Waals surface area contributed by atoms with Crippen LogP contribution in [0.3, 0.4) is 0 Å². The minimum atomic E-state index is -1.25. The summed E-state index contributed by atoms with van der Waals surface area (Å²) in [5, 5.41) is 24.2. The van der Waals surface area contributed by atoms with Gasteiger partial charge in [-0.3, -0.25) is 9.59 Å². The molecule has 2 aliphatic rings. The number of ether oxygens (including phenoxy) is 4. The van der Waals surface area contributed by atoms with Gasteiger partial charge in [0.1, 0.15) is 37.3 Å². The number of carbonyl (C=O) groups is 4. The highest BCUT2D eigenvalue weighted by atomic mass is 79.9. The van der Waals surface area contributed by atoms with Gasteiger partial charge in [-0.05, 0) is 148 Å². The Morgan fingerprint density at radius 2 is 0.950 bits per heavy atom. The maximum absolute atomic E-state index is 13.4. The molecular formula is C54H80Br2N14O8Si2. The van der Waals surface area contributed by atoms with Crippen LogP contribution in [0.2, 0.25) is 51.4 Å². The minimum absolute atomic E-state index is 0.0755. The van der Waals surface area contributed by atoms with Crippen molar-refractivity contribution in [3.63, 3.8) is 0 Å². The summed E-state index contributed by atoms with van der Waals surface area (Å²) in [6.07, 6.45) is 8.70. The quantitative estimate of drug-likeness (QED) is 0.0678. The van der Waals surface area contributed by atoms with E-state index >= 15 is 0 Å². The molecule has 22 nitrogen and oxygen atoms in total. The molecule has 0 spiro atoms. The third-order valence-electron chi connectivity index (χ3n) is 13.3. The normalized spacial score (nSPS) is 15.1. The predicted octanol–water partition coefficient (Wildman–Crippen LogP) is 10.2. The van der Waals surface area contributed by atoms with Crippen molar-refractivity contribution < 1.29 is 38.1 Å². The maximum Gasteiger partial charge on any atom is 0.410 e. The second-order valence-electron chi connectivity index (χ2n) is 25.0. The molecule has 2 N–H and O–H groups in total. The number of hydrogen-bond acceptors (Lipinski definition) is 14. The zero-order valence-electron chi connectivity index (χ0n) is 48.9. The number of nitrogens with zero attached hydrogens (tertiary/aromatic N) is 12. The lowest BCUT2D eigenvalue weighted by Crippen LogP contribution is -2.47. The van der Waals surface area contributed by atoms with Crippen molar-refractivity contribution in [2.24, 2.45) is 0 Å². The Bertz CT molecular complexity index is 2940. The first kappa shape index (κ1) is 62.1. The second kappa shape index (κ2) is 25.7.